The van der Waals surface area contributed by atoms with Gasteiger partial charge >= 0.3 is 5.97 Å². The van der Waals surface area contributed by atoms with Crippen LogP contribution in [0.15, 0.2) is 58.1 Å². The Bertz CT molecular complexity index is 1640. The number of nitrogen functional groups attached to an aromatic ring is 1. The Morgan fingerprint density at radius 1 is 1.25 bits per heavy atom. The number of anilines is 1. The van der Waals surface area contributed by atoms with Gasteiger partial charge in [-0.15, -0.1) is 22.0 Å². The molecule has 2 aliphatic rings. The molecule has 3 atom stereocenters. The number of amides is 3. The summed E-state index contributed by atoms with van der Waals surface area (Å²) in [6.07, 6.45) is 1.21. The number of fused-ring (bicyclic) bond motifs is 1. The quantitative estimate of drug-likeness (QED) is 0.0989. The number of thioether (sulfide) groups is 1. The second-order valence-electron chi connectivity index (χ2n) is 8.48. The topological polar surface area (TPSA) is 213 Å². The van der Waals surface area contributed by atoms with Crippen LogP contribution >= 0.6 is 35.3 Å². The molecule has 5 rings (SSSR count). The zero-order valence-corrected chi connectivity index (χ0v) is 22.5. The van der Waals surface area contributed by atoms with E-state index < -0.39 is 46.7 Å². The third-order valence-corrected chi connectivity index (χ3v) is 8.61. The van der Waals surface area contributed by atoms with Gasteiger partial charge in [0.2, 0.25) is 5.91 Å². The molecule has 1 fully saturated rings. The van der Waals surface area contributed by atoms with Gasteiger partial charge in [-0.1, -0.05) is 35.7 Å². The molecule has 0 spiro atoms. The van der Waals surface area contributed by atoms with Crippen LogP contribution in [0, 0.1) is 0 Å². The molecule has 1 aromatic carbocycles. The van der Waals surface area contributed by atoms with Gasteiger partial charge < -0.3 is 21.5 Å². The van der Waals surface area contributed by atoms with E-state index in [1.165, 1.54) is 35.6 Å². The third-order valence-electron chi connectivity index (χ3n) is 6.05. The van der Waals surface area contributed by atoms with E-state index >= 15 is 0 Å². The first-order chi connectivity index (χ1) is 19.2. The van der Waals surface area contributed by atoms with Crippen molar-refractivity contribution in [2.45, 2.75) is 17.5 Å². The Kier molecular flexibility index (Phi) is 7.42. The number of H-pyrrole nitrogens is 1. The molecule has 0 radical (unpaired) electrons. The van der Waals surface area contributed by atoms with Crippen LogP contribution in [0.5, 0.6) is 0 Å². The number of thiocarbonyl (C=S) groups is 1. The normalized spacial score (nSPS) is 18.8. The molecule has 14 nitrogen and oxygen atoms in total. The Labute approximate surface area is 238 Å². The standard InChI is InChI=1S/C23H18N8O6S3/c24-10-3-1-2-9(6-10)13(27-17(32)11-4-5-25-29-18(11)33)19(34)28-14-21(35)31-15(23(36)37)12(7-39-22(14)31)16(38)20-30-26-8-40-20/h1-6,8,13-14,22H,7,24H2,(H,27,32)(H,28,34)(H,29,33)(H,36,37)/t13?,14?,22-/m0/s1. The van der Waals surface area contributed by atoms with Gasteiger partial charge in [-0.05, 0) is 23.8 Å². The zero-order valence-electron chi connectivity index (χ0n) is 20.1. The molecular formula is C23H18N8O6S3. The second kappa shape index (κ2) is 10.9. The summed E-state index contributed by atoms with van der Waals surface area (Å²) in [6.45, 7) is 0. The number of carbonyl (C=O) groups is 4. The number of nitrogens with two attached hydrogens (primary N) is 1. The van der Waals surface area contributed by atoms with Gasteiger partial charge in [0.05, 0.1) is 4.86 Å². The fourth-order valence-electron chi connectivity index (χ4n) is 4.20. The van der Waals surface area contributed by atoms with Crippen molar-refractivity contribution >= 4 is 69.6 Å². The smallest absolute Gasteiger partial charge is 0.353 e. The number of carboxylic acids is 1. The van der Waals surface area contributed by atoms with Gasteiger partial charge in [0.25, 0.3) is 17.4 Å². The molecule has 40 heavy (non-hydrogen) atoms. The SMILES string of the molecule is Nc1cccc(C(NC(=O)c2ccn[nH]c2=O)C(=O)NC2C(=O)N3C(C(=O)O)=C(C(=S)c4nncs4)CS[C@@H]23)c1. The Morgan fingerprint density at radius 2 is 2.05 bits per heavy atom. The molecular weight excluding hydrogens is 581 g/mol. The van der Waals surface area contributed by atoms with Crippen molar-refractivity contribution in [3.8, 4) is 0 Å². The number of hydrogen-bond acceptors (Lipinski definition) is 12. The van der Waals surface area contributed by atoms with Gasteiger partial charge in [0.1, 0.15) is 34.2 Å². The van der Waals surface area contributed by atoms with E-state index in [0.29, 0.717) is 16.3 Å². The highest BCUT2D eigenvalue weighted by atomic mass is 32.2. The number of β-lactam (4-membered cyclic amide) rings is 1. The molecule has 2 unspecified atom stereocenters. The van der Waals surface area contributed by atoms with Crippen molar-refractivity contribution in [2.75, 3.05) is 11.5 Å². The lowest BCUT2D eigenvalue weighted by atomic mass is 9.99. The molecule has 0 saturated carbocycles. The molecule has 0 bridgehead atoms. The van der Waals surface area contributed by atoms with Crippen molar-refractivity contribution in [2.24, 2.45) is 0 Å². The van der Waals surface area contributed by atoms with E-state index in [1.54, 1.807) is 18.2 Å². The summed E-state index contributed by atoms with van der Waals surface area (Å²) in [5, 5.41) is 28.0. The van der Waals surface area contributed by atoms with Crippen LogP contribution in [0.4, 0.5) is 5.69 Å². The van der Waals surface area contributed by atoms with Crippen LogP contribution in [0.2, 0.25) is 0 Å². The van der Waals surface area contributed by atoms with Crippen LogP contribution in [0.25, 0.3) is 0 Å². The molecule has 4 heterocycles. The van der Waals surface area contributed by atoms with Crippen LogP contribution < -0.4 is 21.9 Å². The number of carboxylic acid groups (broad SMARTS) is 1. The van der Waals surface area contributed by atoms with Crippen LogP contribution in [0.1, 0.15) is 27.0 Å². The highest BCUT2D eigenvalue weighted by Gasteiger charge is 2.55. The molecule has 3 amide bonds. The van der Waals surface area contributed by atoms with Gasteiger partial charge in [-0.2, -0.15) is 5.10 Å². The first kappa shape index (κ1) is 27.1. The number of nitrogens with one attached hydrogen (secondary N) is 3. The first-order valence-electron chi connectivity index (χ1n) is 11.4. The van der Waals surface area contributed by atoms with E-state index in [-0.39, 0.29) is 27.5 Å². The fourth-order valence-corrected chi connectivity index (χ4v) is 6.52. The van der Waals surface area contributed by atoms with Crippen molar-refractivity contribution in [1.29, 1.82) is 0 Å². The number of nitrogens with zero attached hydrogens (tertiary/aromatic N) is 4. The number of benzene rings is 1. The summed E-state index contributed by atoms with van der Waals surface area (Å²) < 4.78 is 0. The second-order valence-corrected chi connectivity index (χ2v) is 10.8. The number of aromatic amines is 1. The molecule has 1 saturated heterocycles. The number of aliphatic carboxylic acids is 1. The van der Waals surface area contributed by atoms with Crippen LogP contribution in [-0.2, 0) is 14.4 Å². The summed E-state index contributed by atoms with van der Waals surface area (Å²) >= 11 is 7.79. The van der Waals surface area contributed by atoms with Crippen LogP contribution in [-0.4, -0.2) is 76.1 Å². The maximum absolute atomic E-state index is 13.5. The molecule has 3 aromatic rings. The predicted octanol–water partition coefficient (Wildman–Crippen LogP) is -0.168. The average Bonchev–Trinajstić information content (AvgIpc) is 3.48. The number of carbonyl (C=O) groups excluding carboxylic acids is 3. The summed E-state index contributed by atoms with van der Waals surface area (Å²) in [6, 6.07) is 4.95. The van der Waals surface area contributed by atoms with Gasteiger partial charge in [0, 0.05) is 23.2 Å². The maximum atomic E-state index is 13.5. The van der Waals surface area contributed by atoms with Crippen molar-refractivity contribution < 1.29 is 24.3 Å². The molecule has 0 aliphatic carbocycles. The Balaban J connectivity index is 1.39. The zero-order chi connectivity index (χ0) is 28.6. The van der Waals surface area contributed by atoms with Gasteiger partial charge in [-0.25, -0.2) is 9.89 Å². The molecule has 2 aliphatic heterocycles. The number of hydrogen-bond donors (Lipinski definition) is 5. The van der Waals surface area contributed by atoms with E-state index in [4.69, 9.17) is 18.0 Å². The maximum Gasteiger partial charge on any atom is 0.353 e. The van der Waals surface area contributed by atoms with E-state index in [9.17, 15) is 29.1 Å². The minimum absolute atomic E-state index is 0.154. The monoisotopic (exact) mass is 598 g/mol. The molecule has 2 aromatic heterocycles. The first-order valence-corrected chi connectivity index (χ1v) is 13.7. The lowest BCUT2D eigenvalue weighted by molar-refractivity contribution is -0.150. The van der Waals surface area contributed by atoms with E-state index in [0.717, 1.165) is 16.2 Å². The summed E-state index contributed by atoms with van der Waals surface area (Å²) in [5.41, 5.74) is 6.89. The van der Waals surface area contributed by atoms with Crippen molar-refractivity contribution in [3.05, 3.63) is 79.8 Å². The summed E-state index contributed by atoms with van der Waals surface area (Å²) in [5.74, 6) is -3.48. The summed E-state index contributed by atoms with van der Waals surface area (Å²) in [4.78, 5) is 65.0. The lowest BCUT2D eigenvalue weighted by Crippen LogP contribution is -2.71. The minimum Gasteiger partial charge on any atom is -0.477 e. The molecule has 17 heteroatoms. The Hall–Kier alpha value is -4.48. The van der Waals surface area contributed by atoms with Crippen molar-refractivity contribution in [3.63, 3.8) is 0 Å². The van der Waals surface area contributed by atoms with Gasteiger partial charge in [0.15, 0.2) is 5.01 Å². The Morgan fingerprint density at radius 3 is 2.73 bits per heavy atom. The number of rotatable bonds is 8. The highest BCUT2D eigenvalue weighted by Crippen LogP contribution is 2.41. The predicted molar refractivity (Wildman–Crippen MR) is 147 cm³/mol. The summed E-state index contributed by atoms with van der Waals surface area (Å²) in [7, 11) is 0. The number of aromatic nitrogens is 4. The average molecular weight is 599 g/mol. The molecule has 6 N–H and O–H groups in total. The fraction of sp³-hybridized carbons (Fsp3) is 0.174. The largest absolute Gasteiger partial charge is 0.477 e. The van der Waals surface area contributed by atoms with Gasteiger partial charge in [-0.3, -0.25) is 24.1 Å². The third kappa shape index (κ3) is 4.96. The minimum atomic E-state index is -1.35. The highest BCUT2D eigenvalue weighted by molar-refractivity contribution is 8.00. The van der Waals surface area contributed by atoms with Crippen molar-refractivity contribution in [1.82, 2.24) is 35.9 Å². The van der Waals surface area contributed by atoms with Crippen LogP contribution in [0.3, 0.4) is 0 Å². The lowest BCUT2D eigenvalue weighted by Gasteiger charge is -2.49. The van der Waals surface area contributed by atoms with E-state index in [2.05, 4.69) is 31.0 Å². The molecule has 204 valence electrons. The van der Waals surface area contributed by atoms with E-state index in [1.807, 2.05) is 0 Å².